The third-order valence-electron chi connectivity index (χ3n) is 4.79. The van der Waals surface area contributed by atoms with Gasteiger partial charge < -0.3 is 9.88 Å². The number of thiazole rings is 1. The molecular weight excluding hydrogens is 422 g/mol. The Hall–Kier alpha value is -3.90. The van der Waals surface area contributed by atoms with Gasteiger partial charge in [0, 0.05) is 17.1 Å². The molecule has 0 radical (unpaired) electrons. The van der Waals surface area contributed by atoms with Crippen molar-refractivity contribution in [3.05, 3.63) is 91.7 Å². The normalized spacial score (nSPS) is 10.8. The Morgan fingerprint density at radius 1 is 1.26 bits per heavy atom. The molecule has 0 fully saturated rings. The van der Waals surface area contributed by atoms with E-state index in [0.29, 0.717) is 27.4 Å². The van der Waals surface area contributed by atoms with Crippen molar-refractivity contribution in [2.24, 2.45) is 0 Å². The number of amides is 1. The first kappa shape index (κ1) is 20.4. The van der Waals surface area contributed by atoms with E-state index in [0.717, 1.165) is 6.07 Å². The largest absolute Gasteiger partial charge is 0.319 e. The number of aromatic amines is 1. The second-order valence-electron chi connectivity index (χ2n) is 6.76. The SMILES string of the molecule is Cc1ncsc1C(=O)N(Cc1cc(=O)[nH]c2c(F)c(F)ccc12)c1cccc(C#N)c1. The highest BCUT2D eigenvalue weighted by atomic mass is 32.1. The second-order valence-corrected chi connectivity index (χ2v) is 7.62. The predicted molar refractivity (Wildman–Crippen MR) is 113 cm³/mol. The first-order valence-corrected chi connectivity index (χ1v) is 9.99. The van der Waals surface area contributed by atoms with Crippen LogP contribution in [0, 0.1) is 29.9 Å². The van der Waals surface area contributed by atoms with Crippen LogP contribution in [-0.4, -0.2) is 15.9 Å². The number of aromatic nitrogens is 2. The third-order valence-corrected chi connectivity index (χ3v) is 5.71. The molecule has 154 valence electrons. The lowest BCUT2D eigenvalue weighted by atomic mass is 10.1. The van der Waals surface area contributed by atoms with Crippen LogP contribution in [0.1, 0.15) is 26.5 Å². The lowest BCUT2D eigenvalue weighted by Crippen LogP contribution is -2.31. The maximum atomic E-state index is 14.3. The van der Waals surface area contributed by atoms with E-state index in [1.165, 1.54) is 28.4 Å². The summed E-state index contributed by atoms with van der Waals surface area (Å²) in [5, 5.41) is 9.52. The number of hydrogen-bond donors (Lipinski definition) is 1. The number of nitriles is 1. The Labute approximate surface area is 179 Å². The zero-order valence-electron chi connectivity index (χ0n) is 16.1. The summed E-state index contributed by atoms with van der Waals surface area (Å²) in [4.78, 5) is 33.7. The Balaban J connectivity index is 1.88. The van der Waals surface area contributed by atoms with E-state index in [-0.39, 0.29) is 23.4 Å². The summed E-state index contributed by atoms with van der Waals surface area (Å²) in [6.07, 6.45) is 0. The number of pyridine rings is 1. The van der Waals surface area contributed by atoms with Crippen LogP contribution in [0.15, 0.2) is 52.8 Å². The fourth-order valence-electron chi connectivity index (χ4n) is 3.29. The Kier molecular flexibility index (Phi) is 5.31. The molecule has 2 heterocycles. The van der Waals surface area contributed by atoms with Crippen LogP contribution in [0.25, 0.3) is 10.9 Å². The van der Waals surface area contributed by atoms with Crippen molar-refractivity contribution >= 4 is 33.8 Å². The minimum absolute atomic E-state index is 0.101. The van der Waals surface area contributed by atoms with Crippen molar-refractivity contribution in [1.29, 1.82) is 5.26 Å². The number of rotatable bonds is 4. The van der Waals surface area contributed by atoms with E-state index in [4.69, 9.17) is 0 Å². The Morgan fingerprint density at radius 2 is 2.06 bits per heavy atom. The van der Waals surface area contributed by atoms with Crippen LogP contribution >= 0.6 is 11.3 Å². The number of carbonyl (C=O) groups is 1. The smallest absolute Gasteiger partial charge is 0.270 e. The molecule has 0 saturated heterocycles. The van der Waals surface area contributed by atoms with Gasteiger partial charge in [0.15, 0.2) is 11.6 Å². The number of aryl methyl sites for hydroxylation is 1. The fourth-order valence-corrected chi connectivity index (χ4v) is 4.04. The van der Waals surface area contributed by atoms with Gasteiger partial charge in [-0.25, -0.2) is 13.8 Å². The predicted octanol–water partition coefficient (Wildman–Crippen LogP) is 4.29. The topological polar surface area (TPSA) is 89.8 Å². The fraction of sp³-hybridized carbons (Fsp3) is 0.0909. The first-order chi connectivity index (χ1) is 14.9. The molecule has 0 spiro atoms. The minimum Gasteiger partial charge on any atom is -0.319 e. The van der Waals surface area contributed by atoms with Gasteiger partial charge in [0.2, 0.25) is 5.56 Å². The molecule has 2 aromatic carbocycles. The van der Waals surface area contributed by atoms with Crippen molar-refractivity contribution in [2.75, 3.05) is 4.90 Å². The van der Waals surface area contributed by atoms with Crippen molar-refractivity contribution in [3.8, 4) is 6.07 Å². The van der Waals surface area contributed by atoms with E-state index < -0.39 is 17.2 Å². The molecule has 9 heteroatoms. The number of nitrogens with one attached hydrogen (secondary N) is 1. The number of hydrogen-bond acceptors (Lipinski definition) is 5. The van der Waals surface area contributed by atoms with Crippen molar-refractivity contribution in [2.45, 2.75) is 13.5 Å². The summed E-state index contributed by atoms with van der Waals surface area (Å²) in [5.74, 6) is -2.64. The summed E-state index contributed by atoms with van der Waals surface area (Å²) in [6, 6.07) is 12.0. The standard InChI is InChI=1S/C22H14F2N4O2S/c1-12-21(31-11-26-12)22(30)28(15-4-2-3-13(7-15)9-25)10-14-8-18(29)27-20-16(14)5-6-17(23)19(20)24/h2-8,11H,10H2,1H3,(H,27,29). The van der Waals surface area contributed by atoms with Crippen molar-refractivity contribution in [1.82, 2.24) is 9.97 Å². The van der Waals surface area contributed by atoms with Crippen LogP contribution in [0.2, 0.25) is 0 Å². The number of benzene rings is 2. The number of carbonyl (C=O) groups excluding carboxylic acids is 1. The van der Waals surface area contributed by atoms with Gasteiger partial charge in [-0.3, -0.25) is 9.59 Å². The van der Waals surface area contributed by atoms with Crippen molar-refractivity contribution < 1.29 is 13.6 Å². The number of nitrogens with zero attached hydrogens (tertiary/aromatic N) is 3. The summed E-state index contributed by atoms with van der Waals surface area (Å²) in [7, 11) is 0. The zero-order chi connectivity index (χ0) is 22.1. The van der Waals surface area contributed by atoms with Gasteiger partial charge in [-0.1, -0.05) is 6.07 Å². The summed E-state index contributed by atoms with van der Waals surface area (Å²) in [6.45, 7) is 1.60. The van der Waals surface area contributed by atoms with Gasteiger partial charge >= 0.3 is 0 Å². The molecular formula is C22H14F2N4O2S. The molecule has 0 bridgehead atoms. The second kappa shape index (κ2) is 8.08. The van der Waals surface area contributed by atoms with Crippen LogP contribution < -0.4 is 10.5 Å². The van der Waals surface area contributed by atoms with E-state index in [1.54, 1.807) is 36.7 Å². The van der Waals surface area contributed by atoms with Crippen LogP contribution in [0.5, 0.6) is 0 Å². The first-order valence-electron chi connectivity index (χ1n) is 9.11. The Bertz CT molecular complexity index is 1420. The lowest BCUT2D eigenvalue weighted by Gasteiger charge is -2.23. The van der Waals surface area contributed by atoms with E-state index in [9.17, 15) is 23.6 Å². The third kappa shape index (κ3) is 3.81. The molecule has 4 rings (SSSR count). The van der Waals surface area contributed by atoms with Crippen LogP contribution in [-0.2, 0) is 6.54 Å². The molecule has 4 aromatic rings. The molecule has 0 aliphatic carbocycles. The number of halogens is 2. The molecule has 1 amide bonds. The molecule has 0 unspecified atom stereocenters. The summed E-state index contributed by atoms with van der Waals surface area (Å²) in [5.41, 5.74) is 2.30. The van der Waals surface area contributed by atoms with Gasteiger partial charge in [-0.2, -0.15) is 5.26 Å². The molecule has 0 atom stereocenters. The number of fused-ring (bicyclic) bond motifs is 1. The molecule has 1 N–H and O–H groups in total. The number of H-pyrrole nitrogens is 1. The van der Waals surface area contributed by atoms with E-state index >= 15 is 0 Å². The van der Waals surface area contributed by atoms with Crippen LogP contribution in [0.3, 0.4) is 0 Å². The highest BCUT2D eigenvalue weighted by Gasteiger charge is 2.23. The maximum Gasteiger partial charge on any atom is 0.270 e. The lowest BCUT2D eigenvalue weighted by molar-refractivity contribution is 0.0988. The monoisotopic (exact) mass is 436 g/mol. The molecule has 2 aromatic heterocycles. The average Bonchev–Trinajstić information content (AvgIpc) is 3.20. The highest BCUT2D eigenvalue weighted by molar-refractivity contribution is 7.12. The minimum atomic E-state index is -1.17. The van der Waals surface area contributed by atoms with E-state index in [1.807, 2.05) is 6.07 Å². The highest BCUT2D eigenvalue weighted by Crippen LogP contribution is 2.27. The van der Waals surface area contributed by atoms with Gasteiger partial charge in [-0.05, 0) is 42.8 Å². The molecule has 0 aliphatic heterocycles. The summed E-state index contributed by atoms with van der Waals surface area (Å²) >= 11 is 1.17. The zero-order valence-corrected chi connectivity index (χ0v) is 17.0. The Morgan fingerprint density at radius 3 is 2.77 bits per heavy atom. The van der Waals surface area contributed by atoms with Crippen molar-refractivity contribution in [3.63, 3.8) is 0 Å². The molecule has 0 aliphatic rings. The summed E-state index contributed by atoms with van der Waals surface area (Å²) < 4.78 is 28.0. The number of anilines is 1. The molecule has 6 nitrogen and oxygen atoms in total. The van der Waals surface area contributed by atoms with Gasteiger partial charge in [0.05, 0.1) is 34.9 Å². The van der Waals surface area contributed by atoms with Gasteiger partial charge in [0.1, 0.15) is 4.88 Å². The quantitative estimate of drug-likeness (QED) is 0.517. The molecule has 31 heavy (non-hydrogen) atoms. The van der Waals surface area contributed by atoms with Gasteiger partial charge in [0.25, 0.3) is 5.91 Å². The molecule has 0 saturated carbocycles. The van der Waals surface area contributed by atoms with Gasteiger partial charge in [-0.15, -0.1) is 11.3 Å². The van der Waals surface area contributed by atoms with E-state index in [2.05, 4.69) is 9.97 Å². The average molecular weight is 436 g/mol. The van der Waals surface area contributed by atoms with Crippen LogP contribution in [0.4, 0.5) is 14.5 Å². The maximum absolute atomic E-state index is 14.3.